The van der Waals surface area contributed by atoms with E-state index >= 15 is 0 Å². The van der Waals surface area contributed by atoms with Gasteiger partial charge in [-0.3, -0.25) is 0 Å². The molecule has 1 aromatic heterocycles. The van der Waals surface area contributed by atoms with Gasteiger partial charge in [-0.1, -0.05) is 29.8 Å². The van der Waals surface area contributed by atoms with E-state index in [1.54, 1.807) is 13.2 Å². The molecule has 0 aliphatic rings. The lowest BCUT2D eigenvalue weighted by Gasteiger charge is -2.12. The SMILES string of the molecule is CNCc1cn(S(=O)(=O)c2cccc(F)c2)c2cc(Nc3ccc(C)cc3C)ccc12. The van der Waals surface area contributed by atoms with Crippen LogP contribution in [0.4, 0.5) is 15.8 Å². The zero-order valence-electron chi connectivity index (χ0n) is 17.6. The van der Waals surface area contributed by atoms with Gasteiger partial charge in [0.1, 0.15) is 5.82 Å². The predicted molar refractivity (Wildman–Crippen MR) is 123 cm³/mol. The van der Waals surface area contributed by atoms with Gasteiger partial charge in [0.05, 0.1) is 10.4 Å². The number of halogens is 1. The van der Waals surface area contributed by atoms with Crippen LogP contribution in [-0.2, 0) is 16.6 Å². The van der Waals surface area contributed by atoms with Crippen molar-refractivity contribution in [2.24, 2.45) is 0 Å². The third kappa shape index (κ3) is 4.06. The molecule has 0 unspecified atom stereocenters. The molecule has 0 fully saturated rings. The fraction of sp³-hybridized carbons (Fsp3) is 0.167. The summed E-state index contributed by atoms with van der Waals surface area (Å²) >= 11 is 0. The molecule has 3 aromatic carbocycles. The summed E-state index contributed by atoms with van der Waals surface area (Å²) in [6, 6.07) is 16.8. The molecule has 0 amide bonds. The van der Waals surface area contributed by atoms with E-state index in [1.165, 1.54) is 27.7 Å². The molecule has 160 valence electrons. The van der Waals surface area contributed by atoms with Crippen LogP contribution in [0.1, 0.15) is 16.7 Å². The summed E-state index contributed by atoms with van der Waals surface area (Å²) in [5, 5.41) is 7.27. The lowest BCUT2D eigenvalue weighted by atomic mass is 10.1. The number of hydrogen-bond acceptors (Lipinski definition) is 4. The second-order valence-corrected chi connectivity index (χ2v) is 9.43. The quantitative estimate of drug-likeness (QED) is 0.441. The number of aromatic nitrogens is 1. The molecule has 7 heteroatoms. The van der Waals surface area contributed by atoms with Gasteiger partial charge in [-0.2, -0.15) is 0 Å². The first-order chi connectivity index (χ1) is 14.8. The highest BCUT2D eigenvalue weighted by Crippen LogP contribution is 2.30. The molecule has 31 heavy (non-hydrogen) atoms. The number of rotatable bonds is 6. The standard InChI is InChI=1S/C24H24FN3O2S/c1-16-7-10-23(17(2)11-16)27-20-8-9-22-18(14-26-3)15-28(24(22)13-20)31(29,30)21-6-4-5-19(25)12-21/h4-13,15,26-27H,14H2,1-3H3. The van der Waals surface area contributed by atoms with E-state index in [4.69, 9.17) is 0 Å². The molecule has 0 aliphatic carbocycles. The van der Waals surface area contributed by atoms with Crippen LogP contribution in [-0.4, -0.2) is 19.4 Å². The number of aryl methyl sites for hydroxylation is 2. The molecule has 0 aliphatic heterocycles. The largest absolute Gasteiger partial charge is 0.355 e. The number of nitrogens with zero attached hydrogens (tertiary/aromatic N) is 1. The number of fused-ring (bicyclic) bond motifs is 1. The van der Waals surface area contributed by atoms with Crippen molar-refractivity contribution in [3.05, 3.63) is 89.4 Å². The Bertz CT molecular complexity index is 1380. The number of anilines is 2. The maximum Gasteiger partial charge on any atom is 0.268 e. The average molecular weight is 438 g/mol. The number of hydrogen-bond donors (Lipinski definition) is 2. The van der Waals surface area contributed by atoms with Crippen molar-refractivity contribution in [1.82, 2.24) is 9.29 Å². The van der Waals surface area contributed by atoms with Crippen LogP contribution < -0.4 is 10.6 Å². The monoisotopic (exact) mass is 437 g/mol. The lowest BCUT2D eigenvalue weighted by Crippen LogP contribution is -2.12. The van der Waals surface area contributed by atoms with Crippen LogP contribution >= 0.6 is 0 Å². The Morgan fingerprint density at radius 3 is 2.52 bits per heavy atom. The van der Waals surface area contributed by atoms with Gasteiger partial charge in [0.25, 0.3) is 10.0 Å². The summed E-state index contributed by atoms with van der Waals surface area (Å²) in [5.74, 6) is -0.592. The Kier molecular flexibility index (Phi) is 5.56. The number of benzene rings is 3. The molecule has 0 saturated carbocycles. The smallest absolute Gasteiger partial charge is 0.268 e. The van der Waals surface area contributed by atoms with Crippen LogP contribution in [0.25, 0.3) is 10.9 Å². The molecule has 5 nitrogen and oxygen atoms in total. The maximum atomic E-state index is 13.7. The second-order valence-electron chi connectivity index (χ2n) is 7.62. The molecule has 4 rings (SSSR count). The summed E-state index contributed by atoms with van der Waals surface area (Å²) in [6.45, 7) is 4.57. The minimum atomic E-state index is -3.97. The first kappa shape index (κ1) is 21.1. The molecule has 0 bridgehead atoms. The van der Waals surface area contributed by atoms with Crippen molar-refractivity contribution in [2.45, 2.75) is 25.3 Å². The summed E-state index contributed by atoms with van der Waals surface area (Å²) < 4.78 is 41.6. The van der Waals surface area contributed by atoms with Crippen molar-refractivity contribution in [2.75, 3.05) is 12.4 Å². The van der Waals surface area contributed by atoms with Gasteiger partial charge in [0.2, 0.25) is 0 Å². The van der Waals surface area contributed by atoms with Crippen LogP contribution in [0.15, 0.2) is 71.8 Å². The zero-order chi connectivity index (χ0) is 22.2. The van der Waals surface area contributed by atoms with E-state index in [1.807, 2.05) is 44.2 Å². The molecule has 2 N–H and O–H groups in total. The van der Waals surface area contributed by atoms with Crippen molar-refractivity contribution >= 4 is 32.3 Å². The highest BCUT2D eigenvalue weighted by atomic mass is 32.2. The molecule has 0 saturated heterocycles. The van der Waals surface area contributed by atoms with Crippen molar-refractivity contribution in [3.8, 4) is 0 Å². The van der Waals surface area contributed by atoms with Gasteiger partial charge in [-0.05, 0) is 68.4 Å². The normalized spacial score (nSPS) is 11.7. The molecular weight excluding hydrogens is 413 g/mol. The maximum absolute atomic E-state index is 13.7. The molecule has 0 spiro atoms. The van der Waals surface area contributed by atoms with E-state index in [2.05, 4.69) is 16.7 Å². The Hall–Kier alpha value is -3.16. The third-order valence-corrected chi connectivity index (χ3v) is 6.90. The zero-order valence-corrected chi connectivity index (χ0v) is 18.4. The van der Waals surface area contributed by atoms with Crippen molar-refractivity contribution in [3.63, 3.8) is 0 Å². The van der Waals surface area contributed by atoms with E-state index in [0.717, 1.165) is 34.0 Å². The first-order valence-electron chi connectivity index (χ1n) is 9.93. The highest BCUT2D eigenvalue weighted by Gasteiger charge is 2.22. The van der Waals surface area contributed by atoms with Gasteiger partial charge < -0.3 is 10.6 Å². The molecular formula is C24H24FN3O2S. The molecule has 0 atom stereocenters. The van der Waals surface area contributed by atoms with E-state index in [9.17, 15) is 12.8 Å². The van der Waals surface area contributed by atoms with Crippen molar-refractivity contribution < 1.29 is 12.8 Å². The molecule has 0 radical (unpaired) electrons. The van der Waals surface area contributed by atoms with Crippen LogP contribution in [0.3, 0.4) is 0 Å². The summed E-state index contributed by atoms with van der Waals surface area (Å²) in [4.78, 5) is -0.0897. The van der Waals surface area contributed by atoms with Gasteiger partial charge in [-0.25, -0.2) is 16.8 Å². The minimum Gasteiger partial charge on any atom is -0.355 e. The summed E-state index contributed by atoms with van der Waals surface area (Å²) in [5.41, 5.74) is 5.36. The lowest BCUT2D eigenvalue weighted by molar-refractivity contribution is 0.584. The molecule has 1 heterocycles. The minimum absolute atomic E-state index is 0.0897. The van der Waals surface area contributed by atoms with Crippen molar-refractivity contribution in [1.29, 1.82) is 0 Å². The predicted octanol–water partition coefficient (Wildman–Crippen LogP) is 5.10. The Morgan fingerprint density at radius 2 is 1.81 bits per heavy atom. The highest BCUT2D eigenvalue weighted by molar-refractivity contribution is 7.90. The topological polar surface area (TPSA) is 63.1 Å². The fourth-order valence-electron chi connectivity index (χ4n) is 3.72. The van der Waals surface area contributed by atoms with Crippen LogP contribution in [0.5, 0.6) is 0 Å². The number of nitrogens with one attached hydrogen (secondary N) is 2. The van der Waals surface area contributed by atoms with Gasteiger partial charge in [0, 0.05) is 29.5 Å². The average Bonchev–Trinajstić information content (AvgIpc) is 3.09. The van der Waals surface area contributed by atoms with E-state index in [0.29, 0.717) is 12.1 Å². The Balaban J connectivity index is 1.85. The van der Waals surface area contributed by atoms with E-state index < -0.39 is 15.8 Å². The summed E-state index contributed by atoms with van der Waals surface area (Å²) in [6.07, 6.45) is 1.60. The van der Waals surface area contributed by atoms with E-state index in [-0.39, 0.29) is 4.90 Å². The Labute approximate surface area is 181 Å². The van der Waals surface area contributed by atoms with Gasteiger partial charge in [-0.15, -0.1) is 0 Å². The van der Waals surface area contributed by atoms with Gasteiger partial charge >= 0.3 is 0 Å². The third-order valence-electron chi connectivity index (χ3n) is 5.24. The second kappa shape index (κ2) is 8.17. The van der Waals surface area contributed by atoms with Gasteiger partial charge in [0.15, 0.2) is 0 Å². The first-order valence-corrected chi connectivity index (χ1v) is 11.4. The van der Waals surface area contributed by atoms with Crippen LogP contribution in [0, 0.1) is 19.7 Å². The fourth-order valence-corrected chi connectivity index (χ4v) is 5.14. The Morgan fingerprint density at radius 1 is 1.00 bits per heavy atom. The van der Waals surface area contributed by atoms with Crippen LogP contribution in [0.2, 0.25) is 0 Å². The summed E-state index contributed by atoms with van der Waals surface area (Å²) in [7, 11) is -2.16. The molecule has 4 aromatic rings.